The Bertz CT molecular complexity index is 240. The molecule has 0 saturated heterocycles. The molecule has 1 N–H and O–H groups in total. The van der Waals surface area contributed by atoms with Gasteiger partial charge in [0.25, 0.3) is 0 Å². The molecule has 0 amide bonds. The normalized spacial score (nSPS) is 10.2. The van der Waals surface area contributed by atoms with Gasteiger partial charge in [0.15, 0.2) is 0 Å². The van der Waals surface area contributed by atoms with E-state index in [-0.39, 0.29) is 0 Å². The standard InChI is InChI=1S/C9H17N3/c1-4-6-10-9-7-12(5-2)11-8(9)3/h7,10H,4-6H2,1-3H3. The Labute approximate surface area is 73.8 Å². The smallest absolute Gasteiger partial charge is 0.0825 e. The van der Waals surface area contributed by atoms with Gasteiger partial charge in [0.1, 0.15) is 0 Å². The summed E-state index contributed by atoms with van der Waals surface area (Å²) in [6, 6.07) is 0. The van der Waals surface area contributed by atoms with Crippen molar-refractivity contribution in [2.45, 2.75) is 33.7 Å². The highest BCUT2D eigenvalue weighted by Crippen LogP contribution is 2.11. The Kier molecular flexibility index (Phi) is 3.14. The van der Waals surface area contributed by atoms with E-state index in [1.54, 1.807) is 0 Å². The number of hydrogen-bond donors (Lipinski definition) is 1. The lowest BCUT2D eigenvalue weighted by Crippen LogP contribution is -1.99. The molecule has 0 atom stereocenters. The van der Waals surface area contributed by atoms with Gasteiger partial charge in [0.05, 0.1) is 11.4 Å². The first kappa shape index (κ1) is 9.10. The van der Waals surface area contributed by atoms with Crippen molar-refractivity contribution in [1.29, 1.82) is 0 Å². The summed E-state index contributed by atoms with van der Waals surface area (Å²) in [5.41, 5.74) is 2.25. The molecule has 0 aliphatic rings. The molecule has 1 rings (SSSR count). The van der Waals surface area contributed by atoms with Crippen molar-refractivity contribution in [3.8, 4) is 0 Å². The summed E-state index contributed by atoms with van der Waals surface area (Å²) in [7, 11) is 0. The fourth-order valence-corrected chi connectivity index (χ4v) is 1.11. The van der Waals surface area contributed by atoms with Crippen molar-refractivity contribution in [3.63, 3.8) is 0 Å². The van der Waals surface area contributed by atoms with Crippen LogP contribution in [0.2, 0.25) is 0 Å². The highest BCUT2D eigenvalue weighted by Gasteiger charge is 2.01. The van der Waals surface area contributed by atoms with E-state index in [2.05, 4.69) is 30.5 Å². The molecule has 0 unspecified atom stereocenters. The van der Waals surface area contributed by atoms with Gasteiger partial charge in [-0.2, -0.15) is 5.10 Å². The molecule has 0 bridgehead atoms. The predicted molar refractivity (Wildman–Crippen MR) is 51.4 cm³/mol. The average molecular weight is 167 g/mol. The first-order chi connectivity index (χ1) is 5.77. The molecule has 1 aromatic heterocycles. The number of aromatic nitrogens is 2. The largest absolute Gasteiger partial charge is 0.382 e. The van der Waals surface area contributed by atoms with Crippen molar-refractivity contribution < 1.29 is 0 Å². The first-order valence-corrected chi connectivity index (χ1v) is 4.55. The third kappa shape index (κ3) is 2.00. The van der Waals surface area contributed by atoms with E-state index >= 15 is 0 Å². The van der Waals surface area contributed by atoms with Crippen LogP contribution < -0.4 is 5.32 Å². The highest BCUT2D eigenvalue weighted by atomic mass is 15.3. The Morgan fingerprint density at radius 3 is 2.75 bits per heavy atom. The second kappa shape index (κ2) is 4.14. The fourth-order valence-electron chi connectivity index (χ4n) is 1.11. The van der Waals surface area contributed by atoms with Crippen LogP contribution in [0.4, 0.5) is 5.69 Å². The Balaban J connectivity index is 2.64. The van der Waals surface area contributed by atoms with E-state index in [0.29, 0.717) is 0 Å². The summed E-state index contributed by atoms with van der Waals surface area (Å²) in [4.78, 5) is 0. The highest BCUT2D eigenvalue weighted by molar-refractivity contribution is 5.45. The lowest BCUT2D eigenvalue weighted by Gasteiger charge is -2.00. The minimum absolute atomic E-state index is 0.939. The Morgan fingerprint density at radius 2 is 2.25 bits per heavy atom. The van der Waals surface area contributed by atoms with Crippen LogP contribution in [0.25, 0.3) is 0 Å². The van der Waals surface area contributed by atoms with Crippen molar-refractivity contribution in [2.24, 2.45) is 0 Å². The lowest BCUT2D eigenvalue weighted by molar-refractivity contribution is 0.653. The molecule has 1 heterocycles. The van der Waals surface area contributed by atoms with E-state index in [4.69, 9.17) is 0 Å². The van der Waals surface area contributed by atoms with Crippen LogP contribution in [0, 0.1) is 6.92 Å². The molecule has 12 heavy (non-hydrogen) atoms. The van der Waals surface area contributed by atoms with Gasteiger partial charge in [0, 0.05) is 19.3 Å². The van der Waals surface area contributed by atoms with Gasteiger partial charge >= 0.3 is 0 Å². The van der Waals surface area contributed by atoms with Crippen molar-refractivity contribution in [3.05, 3.63) is 11.9 Å². The van der Waals surface area contributed by atoms with Crippen LogP contribution in [0.3, 0.4) is 0 Å². The van der Waals surface area contributed by atoms with Gasteiger partial charge in [-0.3, -0.25) is 4.68 Å². The van der Waals surface area contributed by atoms with Gasteiger partial charge in [-0.05, 0) is 20.3 Å². The summed E-state index contributed by atoms with van der Waals surface area (Å²) in [6.07, 6.45) is 3.21. The summed E-state index contributed by atoms with van der Waals surface area (Å²) in [5.74, 6) is 0. The molecular weight excluding hydrogens is 150 g/mol. The van der Waals surface area contributed by atoms with Gasteiger partial charge in [0.2, 0.25) is 0 Å². The molecule has 3 heteroatoms. The average Bonchev–Trinajstić information content (AvgIpc) is 2.43. The maximum Gasteiger partial charge on any atom is 0.0825 e. The lowest BCUT2D eigenvalue weighted by atomic mass is 10.4. The zero-order chi connectivity index (χ0) is 8.97. The zero-order valence-corrected chi connectivity index (χ0v) is 8.09. The van der Waals surface area contributed by atoms with E-state index in [9.17, 15) is 0 Å². The van der Waals surface area contributed by atoms with Crippen LogP contribution in [-0.2, 0) is 6.54 Å². The summed E-state index contributed by atoms with van der Waals surface area (Å²) in [5, 5.41) is 7.67. The Hall–Kier alpha value is -0.990. The summed E-state index contributed by atoms with van der Waals surface area (Å²) < 4.78 is 1.95. The maximum atomic E-state index is 4.34. The molecule has 0 spiro atoms. The number of nitrogens with zero attached hydrogens (tertiary/aromatic N) is 2. The van der Waals surface area contributed by atoms with Crippen LogP contribution in [0.1, 0.15) is 26.0 Å². The molecule has 0 aliphatic heterocycles. The number of anilines is 1. The van der Waals surface area contributed by atoms with Crippen molar-refractivity contribution >= 4 is 5.69 Å². The minimum atomic E-state index is 0.939. The number of hydrogen-bond acceptors (Lipinski definition) is 2. The molecule has 68 valence electrons. The second-order valence-electron chi connectivity index (χ2n) is 2.91. The topological polar surface area (TPSA) is 29.9 Å². The molecule has 1 aromatic rings. The molecule has 0 aliphatic carbocycles. The Morgan fingerprint density at radius 1 is 1.50 bits per heavy atom. The molecule has 0 saturated carbocycles. The van der Waals surface area contributed by atoms with E-state index in [1.807, 2.05) is 11.6 Å². The van der Waals surface area contributed by atoms with Crippen LogP contribution in [-0.4, -0.2) is 16.3 Å². The van der Waals surface area contributed by atoms with Crippen molar-refractivity contribution in [1.82, 2.24) is 9.78 Å². The predicted octanol–water partition coefficient (Wildman–Crippen LogP) is 2.03. The quantitative estimate of drug-likeness (QED) is 0.743. The van der Waals surface area contributed by atoms with E-state index in [1.165, 1.54) is 5.69 Å². The maximum absolute atomic E-state index is 4.34. The third-order valence-corrected chi connectivity index (χ3v) is 1.84. The minimum Gasteiger partial charge on any atom is -0.382 e. The van der Waals surface area contributed by atoms with E-state index in [0.717, 1.165) is 25.2 Å². The molecule has 0 radical (unpaired) electrons. The van der Waals surface area contributed by atoms with Gasteiger partial charge in [-0.1, -0.05) is 6.92 Å². The van der Waals surface area contributed by atoms with Gasteiger partial charge in [-0.15, -0.1) is 0 Å². The summed E-state index contributed by atoms with van der Waals surface area (Å²) in [6.45, 7) is 8.25. The fraction of sp³-hybridized carbons (Fsp3) is 0.667. The van der Waals surface area contributed by atoms with Crippen LogP contribution in [0.15, 0.2) is 6.20 Å². The van der Waals surface area contributed by atoms with Gasteiger partial charge in [-0.25, -0.2) is 0 Å². The monoisotopic (exact) mass is 167 g/mol. The third-order valence-electron chi connectivity index (χ3n) is 1.84. The number of aryl methyl sites for hydroxylation is 2. The van der Waals surface area contributed by atoms with Crippen molar-refractivity contribution in [2.75, 3.05) is 11.9 Å². The molecule has 0 aromatic carbocycles. The molecule has 3 nitrogen and oxygen atoms in total. The summed E-state index contributed by atoms with van der Waals surface area (Å²) >= 11 is 0. The zero-order valence-electron chi connectivity index (χ0n) is 8.09. The second-order valence-corrected chi connectivity index (χ2v) is 2.91. The van der Waals surface area contributed by atoms with Crippen LogP contribution >= 0.6 is 0 Å². The number of rotatable bonds is 4. The molecular formula is C9H17N3. The molecule has 0 fully saturated rings. The van der Waals surface area contributed by atoms with E-state index < -0.39 is 0 Å². The van der Waals surface area contributed by atoms with Gasteiger partial charge < -0.3 is 5.32 Å². The number of nitrogens with one attached hydrogen (secondary N) is 1. The SMILES string of the molecule is CCCNc1cn(CC)nc1C. The first-order valence-electron chi connectivity index (χ1n) is 4.55. The van der Waals surface area contributed by atoms with Crippen LogP contribution in [0.5, 0.6) is 0 Å².